The first kappa shape index (κ1) is 22.4. The topological polar surface area (TPSA) is 94.3 Å². The standard InChI is InChI=1S/C24H25FN6O2S/c1-16-21-12-28-31(20-7-5-19(25)6-8-20)22(21)11-17-3-4-18(24(16)17)13-30(10-9-26)34(32,33)23-14-29(2)15-27-23/h5-8,11-12,14-16,18,28H,3-4,10,13H2,1-2H3/t16-,18+/m0/s1. The minimum Gasteiger partial charge on any atom is -0.339 e. The zero-order valence-corrected chi connectivity index (χ0v) is 19.8. The highest BCUT2D eigenvalue weighted by molar-refractivity contribution is 7.89. The molecule has 0 amide bonds. The van der Waals surface area contributed by atoms with Crippen LogP contribution >= 0.6 is 0 Å². The van der Waals surface area contributed by atoms with E-state index in [2.05, 4.69) is 23.4 Å². The number of sulfonamides is 1. The van der Waals surface area contributed by atoms with Gasteiger partial charge < -0.3 is 9.99 Å². The van der Waals surface area contributed by atoms with Crippen LogP contribution in [0.25, 0.3) is 0 Å². The molecule has 0 saturated carbocycles. The van der Waals surface area contributed by atoms with Gasteiger partial charge in [0.15, 0.2) is 5.03 Å². The molecule has 0 saturated heterocycles. The summed E-state index contributed by atoms with van der Waals surface area (Å²) in [4.78, 5) is 4.00. The molecule has 2 aliphatic carbocycles. The van der Waals surface area contributed by atoms with E-state index in [0.29, 0.717) is 0 Å². The third-order valence-electron chi connectivity index (χ3n) is 6.74. The van der Waals surface area contributed by atoms with Crippen LogP contribution in [-0.4, -0.2) is 35.4 Å². The number of aromatic nitrogens is 2. The molecular weight excluding hydrogens is 455 g/mol. The van der Waals surface area contributed by atoms with Crippen LogP contribution in [0.5, 0.6) is 0 Å². The predicted octanol–water partition coefficient (Wildman–Crippen LogP) is 3.22. The molecule has 0 unspecified atom stereocenters. The molecule has 2 aromatic rings. The number of imidazole rings is 1. The lowest BCUT2D eigenvalue weighted by Gasteiger charge is -2.31. The van der Waals surface area contributed by atoms with E-state index in [0.717, 1.165) is 29.8 Å². The number of hydrogen-bond acceptors (Lipinski definition) is 6. The van der Waals surface area contributed by atoms with Crippen LogP contribution < -0.4 is 10.4 Å². The molecule has 2 heterocycles. The zero-order valence-electron chi connectivity index (χ0n) is 18.9. The minimum atomic E-state index is -3.88. The fourth-order valence-electron chi connectivity index (χ4n) is 5.13. The lowest BCUT2D eigenvalue weighted by molar-refractivity contribution is 0.379. The molecule has 1 aliphatic heterocycles. The van der Waals surface area contributed by atoms with Gasteiger partial charge in [-0.25, -0.2) is 17.8 Å². The number of hydrazine groups is 1. The number of rotatable bonds is 6. The average Bonchev–Trinajstić information content (AvgIpc) is 3.53. The van der Waals surface area contributed by atoms with Crippen molar-refractivity contribution in [2.45, 2.75) is 24.8 Å². The molecule has 0 bridgehead atoms. The Bertz CT molecular complexity index is 1370. The van der Waals surface area contributed by atoms with Crippen molar-refractivity contribution in [2.24, 2.45) is 18.9 Å². The molecule has 0 fully saturated rings. The summed E-state index contributed by atoms with van der Waals surface area (Å²) in [5.74, 6) is -0.189. The quantitative estimate of drug-likeness (QED) is 0.638. The highest BCUT2D eigenvalue weighted by Crippen LogP contribution is 2.48. The average molecular weight is 481 g/mol. The molecule has 0 spiro atoms. The van der Waals surface area contributed by atoms with Crippen molar-refractivity contribution in [2.75, 3.05) is 18.1 Å². The number of nitrogens with zero attached hydrogens (tertiary/aromatic N) is 5. The minimum absolute atomic E-state index is 0.00964. The summed E-state index contributed by atoms with van der Waals surface area (Å²) in [7, 11) is -2.17. The van der Waals surface area contributed by atoms with E-state index in [1.54, 1.807) is 23.7 Å². The molecular formula is C24H25FN6O2S. The summed E-state index contributed by atoms with van der Waals surface area (Å²) >= 11 is 0. The van der Waals surface area contributed by atoms with E-state index in [4.69, 9.17) is 0 Å². The van der Waals surface area contributed by atoms with Crippen LogP contribution in [-0.2, 0) is 17.1 Å². The van der Waals surface area contributed by atoms with Crippen molar-refractivity contribution >= 4 is 15.7 Å². The number of nitriles is 1. The molecule has 1 N–H and O–H groups in total. The van der Waals surface area contributed by atoms with Gasteiger partial charge in [-0.15, -0.1) is 0 Å². The Kier molecular flexibility index (Phi) is 5.54. The highest BCUT2D eigenvalue weighted by Gasteiger charge is 2.40. The third kappa shape index (κ3) is 3.71. The second-order valence-electron chi connectivity index (χ2n) is 8.84. The van der Waals surface area contributed by atoms with Crippen molar-refractivity contribution in [3.05, 3.63) is 77.3 Å². The number of aryl methyl sites for hydroxylation is 1. The normalized spacial score (nSPS) is 21.7. The highest BCUT2D eigenvalue weighted by atomic mass is 32.2. The van der Waals surface area contributed by atoms with Gasteiger partial charge in [-0.1, -0.05) is 12.5 Å². The first-order valence-electron chi connectivity index (χ1n) is 11.1. The molecule has 176 valence electrons. The van der Waals surface area contributed by atoms with Gasteiger partial charge in [-0.05, 0) is 54.7 Å². The van der Waals surface area contributed by atoms with Gasteiger partial charge in [0.25, 0.3) is 10.0 Å². The third-order valence-corrected chi connectivity index (χ3v) is 8.44. The van der Waals surface area contributed by atoms with Gasteiger partial charge in [-0.2, -0.15) is 9.57 Å². The van der Waals surface area contributed by atoms with E-state index >= 15 is 0 Å². The van der Waals surface area contributed by atoms with Crippen LogP contribution in [0.4, 0.5) is 10.1 Å². The summed E-state index contributed by atoms with van der Waals surface area (Å²) in [5.41, 5.74) is 8.66. The summed E-state index contributed by atoms with van der Waals surface area (Å²) in [5, 5.41) is 11.2. The smallest absolute Gasteiger partial charge is 0.263 e. The Hall–Kier alpha value is -3.42. The monoisotopic (exact) mass is 480 g/mol. The van der Waals surface area contributed by atoms with Crippen LogP contribution in [0.2, 0.25) is 0 Å². The number of anilines is 1. The van der Waals surface area contributed by atoms with Gasteiger partial charge in [0.1, 0.15) is 12.4 Å². The van der Waals surface area contributed by atoms with E-state index in [9.17, 15) is 18.1 Å². The van der Waals surface area contributed by atoms with Crippen molar-refractivity contribution in [1.82, 2.24) is 19.3 Å². The maximum Gasteiger partial charge on any atom is 0.263 e. The van der Waals surface area contributed by atoms with Crippen LogP contribution in [0.3, 0.4) is 0 Å². The second-order valence-corrected chi connectivity index (χ2v) is 10.7. The molecule has 34 heavy (non-hydrogen) atoms. The maximum atomic E-state index is 13.4. The molecule has 8 nitrogen and oxygen atoms in total. The van der Waals surface area contributed by atoms with Crippen molar-refractivity contribution in [3.63, 3.8) is 0 Å². The molecule has 3 aliphatic rings. The van der Waals surface area contributed by atoms with Crippen molar-refractivity contribution in [1.29, 1.82) is 5.26 Å². The Morgan fingerprint density at radius 1 is 1.32 bits per heavy atom. The van der Waals surface area contributed by atoms with Gasteiger partial charge >= 0.3 is 0 Å². The van der Waals surface area contributed by atoms with E-state index in [1.807, 2.05) is 17.3 Å². The number of allylic oxidation sites excluding steroid dienone is 3. The van der Waals surface area contributed by atoms with Gasteiger partial charge in [0.2, 0.25) is 0 Å². The van der Waals surface area contributed by atoms with Gasteiger partial charge in [-0.3, -0.25) is 5.01 Å². The van der Waals surface area contributed by atoms with E-state index in [1.165, 1.54) is 40.1 Å². The Labute approximate surface area is 198 Å². The number of fused-ring (bicyclic) bond motifs is 1. The lowest BCUT2D eigenvalue weighted by atomic mass is 9.80. The SMILES string of the molecule is C[C@H]1C2=CNN(c3ccc(F)cc3)C2=CC2=C1[C@@H](CN(CC#N)S(=O)(=O)c1cn(C)cn1)CC2. The number of hydrogen-bond donors (Lipinski definition) is 1. The summed E-state index contributed by atoms with van der Waals surface area (Å²) in [6, 6.07) is 8.33. The number of nitrogens with one attached hydrogen (secondary N) is 1. The summed E-state index contributed by atoms with van der Waals surface area (Å²) in [6.45, 7) is 2.14. The van der Waals surface area contributed by atoms with Gasteiger partial charge in [0.05, 0.1) is 23.8 Å². The molecule has 1 aromatic heterocycles. The summed E-state index contributed by atoms with van der Waals surface area (Å²) in [6.07, 6.45) is 8.65. The molecule has 2 atom stereocenters. The molecule has 5 rings (SSSR count). The maximum absolute atomic E-state index is 13.4. The van der Waals surface area contributed by atoms with Crippen LogP contribution in [0.1, 0.15) is 19.8 Å². The number of benzene rings is 1. The first-order chi connectivity index (χ1) is 16.3. The first-order valence-corrected chi connectivity index (χ1v) is 12.6. The largest absolute Gasteiger partial charge is 0.339 e. The Morgan fingerprint density at radius 2 is 2.09 bits per heavy atom. The Balaban J connectivity index is 1.44. The molecule has 0 radical (unpaired) electrons. The number of halogens is 1. The van der Waals surface area contributed by atoms with E-state index in [-0.39, 0.29) is 35.8 Å². The van der Waals surface area contributed by atoms with Gasteiger partial charge in [0, 0.05) is 37.5 Å². The second kappa shape index (κ2) is 8.42. The lowest BCUT2D eigenvalue weighted by Crippen LogP contribution is -2.37. The van der Waals surface area contributed by atoms with Crippen molar-refractivity contribution in [3.8, 4) is 6.07 Å². The fourth-order valence-corrected chi connectivity index (χ4v) is 6.48. The van der Waals surface area contributed by atoms with Crippen LogP contribution in [0, 0.1) is 29.0 Å². The summed E-state index contributed by atoms with van der Waals surface area (Å²) < 4.78 is 42.6. The fraction of sp³-hybridized carbons (Fsp3) is 0.333. The zero-order chi connectivity index (χ0) is 24.0. The molecule has 1 aromatic carbocycles. The predicted molar refractivity (Wildman–Crippen MR) is 125 cm³/mol. The van der Waals surface area contributed by atoms with Crippen LogP contribution in [0.15, 0.2) is 76.5 Å². The molecule has 10 heteroatoms. The van der Waals surface area contributed by atoms with E-state index < -0.39 is 10.0 Å². The van der Waals surface area contributed by atoms with Crippen molar-refractivity contribution < 1.29 is 12.8 Å². The Morgan fingerprint density at radius 3 is 2.76 bits per heavy atom.